The van der Waals surface area contributed by atoms with Gasteiger partial charge in [0.2, 0.25) is 21.7 Å². The maximum Gasteiger partial charge on any atom is 0.241 e. The second-order valence-electron chi connectivity index (χ2n) is 5.19. The predicted octanol–water partition coefficient (Wildman–Crippen LogP) is 0.209. The van der Waals surface area contributed by atoms with Gasteiger partial charge in [0.1, 0.15) is 0 Å². The van der Waals surface area contributed by atoms with Crippen LogP contribution in [-0.4, -0.2) is 65.2 Å². The number of sulfonamides is 1. The molecule has 3 heterocycles. The number of pyridine rings is 1. The monoisotopic (exact) mass is 323 g/mol. The number of aromatic nitrogens is 3. The zero-order valence-electron chi connectivity index (χ0n) is 12.2. The van der Waals surface area contributed by atoms with E-state index in [4.69, 9.17) is 4.52 Å². The highest BCUT2D eigenvalue weighted by Crippen LogP contribution is 2.15. The van der Waals surface area contributed by atoms with Gasteiger partial charge >= 0.3 is 0 Å². The standard InChI is InChI=1S/C13H17N5O3S/c1-22(19,20)18-7-5-17(6-8-18)10-12-15-13(16-21-12)11-3-2-4-14-9-11/h2-4,9H,5-8,10H2,1H3. The van der Waals surface area contributed by atoms with Gasteiger partial charge in [-0.3, -0.25) is 9.88 Å². The third-order valence-corrected chi connectivity index (χ3v) is 4.85. The molecule has 22 heavy (non-hydrogen) atoms. The summed E-state index contributed by atoms with van der Waals surface area (Å²) >= 11 is 0. The fourth-order valence-corrected chi connectivity index (χ4v) is 3.17. The van der Waals surface area contributed by atoms with E-state index in [0.717, 1.165) is 5.56 Å². The van der Waals surface area contributed by atoms with Crippen LogP contribution in [0.15, 0.2) is 29.0 Å². The summed E-state index contributed by atoms with van der Waals surface area (Å²) in [4.78, 5) is 10.5. The average molecular weight is 323 g/mol. The van der Waals surface area contributed by atoms with Crippen molar-refractivity contribution in [2.24, 2.45) is 0 Å². The number of piperazine rings is 1. The molecule has 0 spiro atoms. The minimum Gasteiger partial charge on any atom is -0.338 e. The van der Waals surface area contributed by atoms with E-state index in [0.29, 0.717) is 44.4 Å². The number of nitrogens with zero attached hydrogens (tertiary/aromatic N) is 5. The minimum atomic E-state index is -3.11. The first-order chi connectivity index (χ1) is 10.5. The van der Waals surface area contributed by atoms with Crippen LogP contribution < -0.4 is 0 Å². The van der Waals surface area contributed by atoms with Crippen molar-refractivity contribution in [1.29, 1.82) is 0 Å². The molecule has 0 bridgehead atoms. The molecule has 0 atom stereocenters. The Morgan fingerprint density at radius 3 is 2.68 bits per heavy atom. The normalized spacial score (nSPS) is 17.7. The maximum atomic E-state index is 11.5. The molecule has 0 aliphatic carbocycles. The summed E-state index contributed by atoms with van der Waals surface area (Å²) in [5, 5.41) is 3.95. The summed E-state index contributed by atoms with van der Waals surface area (Å²) in [6, 6.07) is 3.68. The van der Waals surface area contributed by atoms with Gasteiger partial charge in [0.25, 0.3) is 0 Å². The molecular weight excluding hydrogens is 306 g/mol. The Morgan fingerprint density at radius 1 is 1.27 bits per heavy atom. The molecule has 2 aromatic heterocycles. The van der Waals surface area contributed by atoms with Crippen molar-refractivity contribution < 1.29 is 12.9 Å². The molecule has 1 fully saturated rings. The van der Waals surface area contributed by atoms with Gasteiger partial charge in [0.15, 0.2) is 0 Å². The molecule has 0 N–H and O–H groups in total. The van der Waals surface area contributed by atoms with Crippen LogP contribution in [0, 0.1) is 0 Å². The van der Waals surface area contributed by atoms with E-state index >= 15 is 0 Å². The van der Waals surface area contributed by atoms with Gasteiger partial charge in [-0.2, -0.15) is 9.29 Å². The average Bonchev–Trinajstić information content (AvgIpc) is 2.96. The third kappa shape index (κ3) is 3.49. The molecule has 1 saturated heterocycles. The lowest BCUT2D eigenvalue weighted by molar-refractivity contribution is 0.164. The lowest BCUT2D eigenvalue weighted by Crippen LogP contribution is -2.47. The highest BCUT2D eigenvalue weighted by atomic mass is 32.2. The van der Waals surface area contributed by atoms with E-state index < -0.39 is 10.0 Å². The molecular formula is C13H17N5O3S. The van der Waals surface area contributed by atoms with Gasteiger partial charge < -0.3 is 4.52 Å². The Bertz CT molecular complexity index is 723. The van der Waals surface area contributed by atoms with Gasteiger partial charge in [-0.05, 0) is 12.1 Å². The zero-order chi connectivity index (χ0) is 15.6. The summed E-state index contributed by atoms with van der Waals surface area (Å²) < 4.78 is 29.7. The summed E-state index contributed by atoms with van der Waals surface area (Å²) in [6.07, 6.45) is 4.60. The molecule has 0 radical (unpaired) electrons. The summed E-state index contributed by atoms with van der Waals surface area (Å²) in [6.45, 7) is 2.80. The second kappa shape index (κ2) is 6.11. The largest absolute Gasteiger partial charge is 0.338 e. The van der Waals surface area contributed by atoms with E-state index in [9.17, 15) is 8.42 Å². The Labute approximate surface area is 128 Å². The van der Waals surface area contributed by atoms with Crippen LogP contribution in [-0.2, 0) is 16.6 Å². The lowest BCUT2D eigenvalue weighted by atomic mass is 10.3. The zero-order valence-corrected chi connectivity index (χ0v) is 13.0. The second-order valence-corrected chi connectivity index (χ2v) is 7.17. The van der Waals surface area contributed by atoms with E-state index in [2.05, 4.69) is 20.0 Å². The van der Waals surface area contributed by atoms with Crippen LogP contribution in [0.1, 0.15) is 5.89 Å². The summed E-state index contributed by atoms with van der Waals surface area (Å²) in [5.41, 5.74) is 0.805. The molecule has 8 nitrogen and oxygen atoms in total. The molecule has 0 unspecified atom stereocenters. The van der Waals surface area contributed by atoms with Crippen molar-refractivity contribution in [2.45, 2.75) is 6.54 Å². The highest BCUT2D eigenvalue weighted by molar-refractivity contribution is 7.88. The van der Waals surface area contributed by atoms with Gasteiger partial charge in [-0.25, -0.2) is 8.42 Å². The van der Waals surface area contributed by atoms with Gasteiger partial charge in [0, 0.05) is 44.1 Å². The quantitative estimate of drug-likeness (QED) is 0.794. The van der Waals surface area contributed by atoms with Crippen molar-refractivity contribution in [1.82, 2.24) is 24.3 Å². The van der Waals surface area contributed by atoms with Crippen molar-refractivity contribution in [2.75, 3.05) is 32.4 Å². The molecule has 0 aromatic carbocycles. The van der Waals surface area contributed by atoms with Crippen LogP contribution in [0.25, 0.3) is 11.4 Å². The Hall–Kier alpha value is -1.84. The van der Waals surface area contributed by atoms with E-state index in [1.807, 2.05) is 12.1 Å². The highest BCUT2D eigenvalue weighted by Gasteiger charge is 2.24. The third-order valence-electron chi connectivity index (χ3n) is 3.55. The van der Waals surface area contributed by atoms with Crippen LogP contribution in [0.5, 0.6) is 0 Å². The topological polar surface area (TPSA) is 92.4 Å². The van der Waals surface area contributed by atoms with Crippen molar-refractivity contribution >= 4 is 10.0 Å². The van der Waals surface area contributed by atoms with Crippen molar-refractivity contribution in [3.63, 3.8) is 0 Å². The van der Waals surface area contributed by atoms with Crippen molar-refractivity contribution in [3.05, 3.63) is 30.4 Å². The van der Waals surface area contributed by atoms with E-state index in [1.165, 1.54) is 10.6 Å². The smallest absolute Gasteiger partial charge is 0.241 e. The summed E-state index contributed by atoms with van der Waals surface area (Å²) in [7, 11) is -3.11. The number of hydrogen-bond acceptors (Lipinski definition) is 7. The number of rotatable bonds is 4. The van der Waals surface area contributed by atoms with E-state index in [1.54, 1.807) is 12.4 Å². The lowest BCUT2D eigenvalue weighted by Gasteiger charge is -2.32. The maximum absolute atomic E-state index is 11.5. The predicted molar refractivity (Wildman–Crippen MR) is 79.2 cm³/mol. The Balaban J connectivity index is 1.60. The molecule has 1 aliphatic rings. The first kappa shape index (κ1) is 15.1. The van der Waals surface area contributed by atoms with Crippen molar-refractivity contribution in [3.8, 4) is 11.4 Å². The summed E-state index contributed by atoms with van der Waals surface area (Å²) in [5.74, 6) is 1.03. The molecule has 9 heteroatoms. The van der Waals surface area contributed by atoms with E-state index in [-0.39, 0.29) is 0 Å². The van der Waals surface area contributed by atoms with Gasteiger partial charge in [0.05, 0.1) is 12.8 Å². The minimum absolute atomic E-state index is 0.489. The fraction of sp³-hybridized carbons (Fsp3) is 0.462. The van der Waals surface area contributed by atoms with Gasteiger partial charge in [-0.15, -0.1) is 0 Å². The van der Waals surface area contributed by atoms with Crippen LogP contribution in [0.2, 0.25) is 0 Å². The fourth-order valence-electron chi connectivity index (χ4n) is 2.34. The molecule has 118 valence electrons. The number of hydrogen-bond donors (Lipinski definition) is 0. The molecule has 2 aromatic rings. The first-order valence-corrected chi connectivity index (χ1v) is 8.78. The molecule has 3 rings (SSSR count). The first-order valence-electron chi connectivity index (χ1n) is 6.93. The van der Waals surface area contributed by atoms with Crippen LogP contribution in [0.3, 0.4) is 0 Å². The van der Waals surface area contributed by atoms with Gasteiger partial charge in [-0.1, -0.05) is 5.16 Å². The Kier molecular flexibility index (Phi) is 4.19. The Morgan fingerprint density at radius 2 is 2.05 bits per heavy atom. The molecule has 0 amide bonds. The molecule has 0 saturated carbocycles. The molecule has 1 aliphatic heterocycles. The SMILES string of the molecule is CS(=O)(=O)N1CCN(Cc2nc(-c3cccnc3)no2)CC1. The van der Waals surface area contributed by atoms with Crippen LogP contribution in [0.4, 0.5) is 0 Å². The van der Waals surface area contributed by atoms with Crippen LogP contribution >= 0.6 is 0 Å².